The van der Waals surface area contributed by atoms with Crippen molar-refractivity contribution in [3.05, 3.63) is 12.7 Å². The minimum absolute atomic E-state index is 0.0724. The quantitative estimate of drug-likeness (QED) is 0.509. The number of aliphatic hydroxyl groups is 1. The molecule has 3 aliphatic heterocycles. The SMILES string of the molecule is C=CCN(C(=O)C1N([C@@H](CO)CC(C)C)C(=O)[C@@H]2[C@H](C(=O)O)[C@@H]3CCC12O3)C1CCCCC1. The van der Waals surface area contributed by atoms with E-state index in [-0.39, 0.29) is 30.4 Å². The number of hydrogen-bond donors (Lipinski definition) is 2. The number of hydrogen-bond acceptors (Lipinski definition) is 5. The molecule has 2 unspecified atom stereocenters. The summed E-state index contributed by atoms with van der Waals surface area (Å²) in [5.74, 6) is -3.24. The third-order valence-corrected chi connectivity index (χ3v) is 8.23. The van der Waals surface area contributed by atoms with Crippen LogP contribution >= 0.6 is 0 Å². The number of likely N-dealkylation sites (tertiary alicyclic amines) is 1. The molecule has 4 fully saturated rings. The lowest BCUT2D eigenvalue weighted by molar-refractivity contribution is -0.154. The summed E-state index contributed by atoms with van der Waals surface area (Å²) in [5.41, 5.74) is -1.14. The number of amides is 2. The number of rotatable bonds is 9. The molecule has 0 aromatic carbocycles. The van der Waals surface area contributed by atoms with E-state index in [1.54, 1.807) is 6.08 Å². The van der Waals surface area contributed by atoms with E-state index in [0.29, 0.717) is 25.8 Å². The first-order valence-corrected chi connectivity index (χ1v) is 12.5. The average Bonchev–Trinajstić information content (AvgIpc) is 3.43. The molecule has 2 amide bonds. The van der Waals surface area contributed by atoms with Gasteiger partial charge in [0.05, 0.1) is 30.6 Å². The molecule has 1 aliphatic carbocycles. The predicted octanol–water partition coefficient (Wildman–Crippen LogP) is 2.20. The lowest BCUT2D eigenvalue weighted by atomic mass is 9.70. The van der Waals surface area contributed by atoms with Crippen molar-refractivity contribution < 1.29 is 29.3 Å². The lowest BCUT2D eigenvalue weighted by Gasteiger charge is -2.42. The summed E-state index contributed by atoms with van der Waals surface area (Å²) >= 11 is 0. The van der Waals surface area contributed by atoms with Crippen LogP contribution in [-0.4, -0.2) is 80.8 Å². The Bertz CT molecular complexity index is 794. The van der Waals surface area contributed by atoms with Crippen molar-refractivity contribution in [1.29, 1.82) is 0 Å². The van der Waals surface area contributed by atoms with Crippen LogP contribution in [0.3, 0.4) is 0 Å². The number of carboxylic acids is 1. The van der Waals surface area contributed by atoms with Gasteiger partial charge in [-0.1, -0.05) is 39.2 Å². The molecule has 2 bridgehead atoms. The maximum absolute atomic E-state index is 14.3. The van der Waals surface area contributed by atoms with Crippen LogP contribution in [0.2, 0.25) is 0 Å². The molecule has 8 heteroatoms. The van der Waals surface area contributed by atoms with Gasteiger partial charge >= 0.3 is 5.97 Å². The number of fused-ring (bicyclic) bond motifs is 1. The van der Waals surface area contributed by atoms with Gasteiger partial charge in [0.15, 0.2) is 0 Å². The van der Waals surface area contributed by atoms with Gasteiger partial charge < -0.3 is 24.7 Å². The van der Waals surface area contributed by atoms with Crippen molar-refractivity contribution in [2.24, 2.45) is 17.8 Å². The van der Waals surface area contributed by atoms with E-state index in [4.69, 9.17) is 4.74 Å². The molecule has 33 heavy (non-hydrogen) atoms. The predicted molar refractivity (Wildman–Crippen MR) is 121 cm³/mol. The molecule has 2 N–H and O–H groups in total. The lowest BCUT2D eigenvalue weighted by Crippen LogP contribution is -2.60. The van der Waals surface area contributed by atoms with E-state index in [1.165, 1.54) is 4.90 Å². The van der Waals surface area contributed by atoms with Gasteiger partial charge in [-0.2, -0.15) is 0 Å². The Morgan fingerprint density at radius 2 is 1.97 bits per heavy atom. The Labute approximate surface area is 195 Å². The molecule has 1 spiro atoms. The zero-order chi connectivity index (χ0) is 23.9. The first-order valence-electron chi connectivity index (χ1n) is 12.5. The average molecular weight is 463 g/mol. The summed E-state index contributed by atoms with van der Waals surface area (Å²) in [4.78, 5) is 43.6. The fourth-order valence-electron chi connectivity index (χ4n) is 6.97. The number of nitrogens with zero attached hydrogens (tertiary/aromatic N) is 2. The van der Waals surface area contributed by atoms with E-state index in [9.17, 15) is 24.6 Å². The number of carboxylic acid groups (broad SMARTS) is 1. The van der Waals surface area contributed by atoms with E-state index < -0.39 is 41.6 Å². The summed E-state index contributed by atoms with van der Waals surface area (Å²) in [6.07, 6.45) is 7.79. The Kier molecular flexibility index (Phi) is 6.87. The van der Waals surface area contributed by atoms with Crippen LogP contribution in [0.4, 0.5) is 0 Å². The highest BCUT2D eigenvalue weighted by molar-refractivity contribution is 5.98. The van der Waals surface area contributed by atoms with Crippen molar-refractivity contribution >= 4 is 17.8 Å². The molecule has 0 radical (unpaired) electrons. The van der Waals surface area contributed by atoms with Crippen LogP contribution in [0.25, 0.3) is 0 Å². The first kappa shape index (κ1) is 24.2. The highest BCUT2D eigenvalue weighted by Crippen LogP contribution is 2.59. The molecule has 3 saturated heterocycles. The maximum Gasteiger partial charge on any atom is 0.310 e. The smallest absolute Gasteiger partial charge is 0.310 e. The third kappa shape index (κ3) is 3.89. The van der Waals surface area contributed by atoms with Gasteiger partial charge in [0.1, 0.15) is 11.6 Å². The number of ether oxygens (including phenoxy) is 1. The fourth-order valence-corrected chi connectivity index (χ4v) is 6.97. The molecule has 4 rings (SSSR count). The molecule has 1 saturated carbocycles. The van der Waals surface area contributed by atoms with Gasteiger partial charge in [-0.3, -0.25) is 14.4 Å². The maximum atomic E-state index is 14.3. The molecular weight excluding hydrogens is 424 g/mol. The van der Waals surface area contributed by atoms with Crippen LogP contribution in [0.1, 0.15) is 65.2 Å². The monoisotopic (exact) mass is 462 g/mol. The van der Waals surface area contributed by atoms with E-state index in [1.807, 2.05) is 18.7 Å². The number of aliphatic carboxylic acids is 1. The summed E-state index contributed by atoms with van der Waals surface area (Å²) in [6, 6.07) is -1.40. The Balaban J connectivity index is 1.77. The van der Waals surface area contributed by atoms with E-state index >= 15 is 0 Å². The molecular formula is C25H38N2O6. The normalized spacial score (nSPS) is 34.5. The molecule has 0 aromatic rings. The second kappa shape index (κ2) is 9.37. The first-order chi connectivity index (χ1) is 15.8. The molecule has 3 heterocycles. The van der Waals surface area contributed by atoms with Crippen LogP contribution in [0.15, 0.2) is 12.7 Å². The van der Waals surface area contributed by atoms with Crippen LogP contribution < -0.4 is 0 Å². The van der Waals surface area contributed by atoms with Gasteiger partial charge in [-0.15, -0.1) is 6.58 Å². The van der Waals surface area contributed by atoms with E-state index in [2.05, 4.69) is 6.58 Å². The summed E-state index contributed by atoms with van der Waals surface area (Å²) < 4.78 is 6.31. The van der Waals surface area contributed by atoms with Crippen molar-refractivity contribution in [2.75, 3.05) is 13.2 Å². The second-order valence-corrected chi connectivity index (χ2v) is 10.7. The van der Waals surface area contributed by atoms with Gasteiger partial charge in [0, 0.05) is 12.6 Å². The molecule has 6 atom stereocenters. The van der Waals surface area contributed by atoms with Gasteiger partial charge in [0.25, 0.3) is 0 Å². The zero-order valence-electron chi connectivity index (χ0n) is 19.8. The van der Waals surface area contributed by atoms with Crippen molar-refractivity contribution in [2.45, 2.75) is 95.0 Å². The van der Waals surface area contributed by atoms with Crippen LogP contribution in [0, 0.1) is 17.8 Å². The fraction of sp³-hybridized carbons (Fsp3) is 0.800. The zero-order valence-corrected chi connectivity index (χ0v) is 19.8. The standard InChI is InChI=1S/C25H38N2O6/c1-4-12-26(16-8-6-5-7-9-16)23(30)21-25-11-10-18(33-25)19(24(31)32)20(25)22(29)27(21)17(14-28)13-15(2)3/h4,15-21,28H,1,5-14H2,2-3H3,(H,31,32)/t17-,18+,19-,20+,21?,25?/m1/s1. The Morgan fingerprint density at radius 1 is 1.27 bits per heavy atom. The van der Waals surface area contributed by atoms with Crippen LogP contribution in [-0.2, 0) is 19.1 Å². The van der Waals surface area contributed by atoms with Gasteiger partial charge in [-0.05, 0) is 38.0 Å². The minimum Gasteiger partial charge on any atom is -0.481 e. The number of carbonyl (C=O) groups is 3. The van der Waals surface area contributed by atoms with Crippen molar-refractivity contribution in [1.82, 2.24) is 9.80 Å². The largest absolute Gasteiger partial charge is 0.481 e. The molecule has 4 aliphatic rings. The van der Waals surface area contributed by atoms with E-state index in [0.717, 1.165) is 32.1 Å². The molecule has 184 valence electrons. The van der Waals surface area contributed by atoms with Crippen molar-refractivity contribution in [3.8, 4) is 0 Å². The Hall–Kier alpha value is -1.93. The third-order valence-electron chi connectivity index (χ3n) is 8.23. The van der Waals surface area contributed by atoms with Crippen molar-refractivity contribution in [3.63, 3.8) is 0 Å². The highest BCUT2D eigenvalue weighted by Gasteiger charge is 2.75. The number of aliphatic hydroxyl groups excluding tert-OH is 1. The molecule has 0 aromatic heterocycles. The second-order valence-electron chi connectivity index (χ2n) is 10.7. The molecule has 8 nitrogen and oxygen atoms in total. The van der Waals surface area contributed by atoms with Gasteiger partial charge in [0.2, 0.25) is 11.8 Å². The number of carbonyl (C=O) groups excluding carboxylic acids is 2. The summed E-state index contributed by atoms with van der Waals surface area (Å²) in [7, 11) is 0. The Morgan fingerprint density at radius 3 is 2.55 bits per heavy atom. The topological polar surface area (TPSA) is 107 Å². The highest BCUT2D eigenvalue weighted by atomic mass is 16.5. The van der Waals surface area contributed by atoms with Crippen LogP contribution in [0.5, 0.6) is 0 Å². The summed E-state index contributed by atoms with van der Waals surface area (Å²) in [6.45, 7) is 7.97. The summed E-state index contributed by atoms with van der Waals surface area (Å²) in [5, 5.41) is 20.2. The minimum atomic E-state index is -1.14. The van der Waals surface area contributed by atoms with Gasteiger partial charge in [-0.25, -0.2) is 0 Å².